The van der Waals surface area contributed by atoms with Gasteiger partial charge in [-0.05, 0) is 45.4 Å². The quantitative estimate of drug-likeness (QED) is 0.901. The van der Waals surface area contributed by atoms with E-state index in [4.69, 9.17) is 9.72 Å². The molecule has 3 heterocycles. The van der Waals surface area contributed by atoms with E-state index in [2.05, 4.69) is 10.3 Å². The molecular weight excluding hydrogens is 340 g/mol. The van der Waals surface area contributed by atoms with Gasteiger partial charge < -0.3 is 15.0 Å². The lowest BCUT2D eigenvalue weighted by Gasteiger charge is -2.30. The smallest absolute Gasteiger partial charge is 0.263 e. The highest BCUT2D eigenvalue weighted by atomic mass is 16.5. The van der Waals surface area contributed by atoms with Crippen LogP contribution in [0.25, 0.3) is 0 Å². The largest absolute Gasteiger partial charge is 0.481 e. The molecule has 6 heteroatoms. The van der Waals surface area contributed by atoms with Crippen LogP contribution in [0, 0.1) is 6.92 Å². The fraction of sp³-hybridized carbons (Fsp3) is 0.476. The number of ether oxygens (including phenoxy) is 1. The van der Waals surface area contributed by atoms with Crippen molar-refractivity contribution in [2.75, 3.05) is 13.1 Å². The molecule has 2 aliphatic rings. The van der Waals surface area contributed by atoms with Crippen molar-refractivity contribution in [2.45, 2.75) is 51.8 Å². The number of rotatable bonds is 4. The Morgan fingerprint density at radius 1 is 1.33 bits per heavy atom. The summed E-state index contributed by atoms with van der Waals surface area (Å²) >= 11 is 0. The Bertz CT molecular complexity index is 815. The lowest BCUT2D eigenvalue weighted by atomic mass is 10.1. The van der Waals surface area contributed by atoms with E-state index in [1.165, 1.54) is 12.0 Å². The maximum absolute atomic E-state index is 12.8. The Morgan fingerprint density at radius 3 is 2.89 bits per heavy atom. The Hall–Kier alpha value is -2.47. The van der Waals surface area contributed by atoms with Gasteiger partial charge in [0, 0.05) is 31.3 Å². The first-order valence-corrected chi connectivity index (χ1v) is 9.70. The second-order valence-corrected chi connectivity index (χ2v) is 7.43. The van der Waals surface area contributed by atoms with Crippen LogP contribution in [0.2, 0.25) is 0 Å². The van der Waals surface area contributed by atoms with Crippen LogP contribution < -0.4 is 10.1 Å². The van der Waals surface area contributed by atoms with Crippen LogP contribution in [0.3, 0.4) is 0 Å². The first kappa shape index (κ1) is 17.9. The van der Waals surface area contributed by atoms with Gasteiger partial charge in [0.15, 0.2) is 6.10 Å². The van der Waals surface area contributed by atoms with E-state index in [9.17, 15) is 4.79 Å². The molecule has 2 aromatic rings. The van der Waals surface area contributed by atoms with Gasteiger partial charge in [0.2, 0.25) is 0 Å². The fourth-order valence-corrected chi connectivity index (χ4v) is 3.72. The molecule has 1 aromatic heterocycles. The molecule has 4 rings (SSSR count). The van der Waals surface area contributed by atoms with Crippen molar-refractivity contribution >= 4 is 5.91 Å². The van der Waals surface area contributed by atoms with E-state index in [0.717, 1.165) is 42.2 Å². The van der Waals surface area contributed by atoms with Crippen molar-refractivity contribution in [2.24, 2.45) is 0 Å². The second kappa shape index (κ2) is 7.64. The third kappa shape index (κ3) is 3.95. The molecule has 2 aliphatic heterocycles. The number of hydrogen-bond donors (Lipinski definition) is 1. The number of aryl methyl sites for hydroxylation is 1. The van der Waals surface area contributed by atoms with E-state index in [0.29, 0.717) is 13.1 Å². The van der Waals surface area contributed by atoms with Gasteiger partial charge in [-0.15, -0.1) is 0 Å². The van der Waals surface area contributed by atoms with Gasteiger partial charge in [-0.2, -0.15) is 0 Å². The number of nitrogens with one attached hydrogen (secondary N) is 1. The number of aromatic nitrogens is 2. The molecule has 0 bridgehead atoms. The average Bonchev–Trinajstić information content (AvgIpc) is 3.23. The number of amides is 1. The lowest BCUT2D eigenvalue weighted by molar-refractivity contribution is -0.138. The van der Waals surface area contributed by atoms with Crippen LogP contribution in [0.1, 0.15) is 48.5 Å². The number of fused-ring (bicyclic) bond motifs is 1. The Labute approximate surface area is 160 Å². The summed E-state index contributed by atoms with van der Waals surface area (Å²) in [5.74, 6) is 1.61. The standard InChI is InChI=1S/C21H26N4O2/c1-14-5-7-17(8-6-14)27-15(2)21(26)25-11-9-18-16(13-25)12-23-20(24-18)19-4-3-10-22-19/h5-8,12,15,19,22H,3-4,9-11,13H2,1-2H3. The Balaban J connectivity index is 1.40. The molecule has 1 aromatic carbocycles. The predicted octanol–water partition coefficient (Wildman–Crippen LogP) is 2.56. The van der Waals surface area contributed by atoms with Crippen LogP contribution in [0.15, 0.2) is 30.5 Å². The van der Waals surface area contributed by atoms with Gasteiger partial charge in [-0.25, -0.2) is 9.97 Å². The van der Waals surface area contributed by atoms with E-state index < -0.39 is 6.10 Å². The average molecular weight is 366 g/mol. The second-order valence-electron chi connectivity index (χ2n) is 7.43. The van der Waals surface area contributed by atoms with Crippen LogP contribution in [-0.2, 0) is 17.8 Å². The highest BCUT2D eigenvalue weighted by Crippen LogP contribution is 2.24. The molecule has 1 N–H and O–H groups in total. The van der Waals surface area contributed by atoms with Crippen LogP contribution in [-0.4, -0.2) is 40.0 Å². The van der Waals surface area contributed by atoms with Crippen molar-refractivity contribution in [3.8, 4) is 5.75 Å². The van der Waals surface area contributed by atoms with Gasteiger partial charge >= 0.3 is 0 Å². The number of carbonyl (C=O) groups excluding carboxylic acids is 1. The van der Waals surface area contributed by atoms with Crippen molar-refractivity contribution < 1.29 is 9.53 Å². The van der Waals surface area contributed by atoms with Crippen molar-refractivity contribution in [3.63, 3.8) is 0 Å². The minimum absolute atomic E-state index is 0.00256. The zero-order valence-electron chi connectivity index (χ0n) is 15.9. The molecule has 0 spiro atoms. The van der Waals surface area contributed by atoms with Gasteiger partial charge in [-0.1, -0.05) is 17.7 Å². The normalized spacial score (nSPS) is 20.2. The number of benzene rings is 1. The van der Waals surface area contributed by atoms with Crippen LogP contribution in [0.4, 0.5) is 0 Å². The molecule has 1 saturated heterocycles. The summed E-state index contributed by atoms with van der Waals surface area (Å²) in [6.07, 6.45) is 4.41. The molecule has 2 unspecified atom stereocenters. The number of nitrogens with zero attached hydrogens (tertiary/aromatic N) is 3. The molecule has 1 fully saturated rings. The van der Waals surface area contributed by atoms with E-state index in [-0.39, 0.29) is 11.9 Å². The number of hydrogen-bond acceptors (Lipinski definition) is 5. The monoisotopic (exact) mass is 366 g/mol. The third-order valence-corrected chi connectivity index (χ3v) is 5.32. The topological polar surface area (TPSA) is 67.3 Å². The summed E-state index contributed by atoms with van der Waals surface area (Å²) in [5.41, 5.74) is 3.28. The molecule has 0 radical (unpaired) electrons. The molecule has 2 atom stereocenters. The van der Waals surface area contributed by atoms with Crippen LogP contribution >= 0.6 is 0 Å². The SMILES string of the molecule is Cc1ccc(OC(C)C(=O)N2CCc3nc(C4CCCN4)ncc3C2)cc1. The minimum atomic E-state index is -0.517. The predicted molar refractivity (Wildman–Crippen MR) is 102 cm³/mol. The number of carbonyl (C=O) groups is 1. The van der Waals surface area contributed by atoms with Gasteiger partial charge in [0.25, 0.3) is 5.91 Å². The molecule has 6 nitrogen and oxygen atoms in total. The summed E-state index contributed by atoms with van der Waals surface area (Å²) in [7, 11) is 0. The minimum Gasteiger partial charge on any atom is -0.481 e. The fourth-order valence-electron chi connectivity index (χ4n) is 3.72. The Morgan fingerprint density at radius 2 is 2.15 bits per heavy atom. The molecule has 0 saturated carbocycles. The summed E-state index contributed by atoms with van der Waals surface area (Å²) < 4.78 is 5.83. The summed E-state index contributed by atoms with van der Waals surface area (Å²) in [5, 5.41) is 3.44. The maximum Gasteiger partial charge on any atom is 0.263 e. The Kier molecular flexibility index (Phi) is 5.07. The van der Waals surface area contributed by atoms with Crippen LogP contribution in [0.5, 0.6) is 5.75 Å². The van der Waals surface area contributed by atoms with E-state index in [1.54, 1.807) is 0 Å². The van der Waals surface area contributed by atoms with Crippen molar-refractivity contribution in [1.29, 1.82) is 0 Å². The van der Waals surface area contributed by atoms with E-state index in [1.807, 2.05) is 49.2 Å². The first-order valence-electron chi connectivity index (χ1n) is 9.70. The van der Waals surface area contributed by atoms with Crippen molar-refractivity contribution in [3.05, 3.63) is 53.1 Å². The van der Waals surface area contributed by atoms with E-state index >= 15 is 0 Å². The third-order valence-electron chi connectivity index (χ3n) is 5.32. The van der Waals surface area contributed by atoms with Gasteiger partial charge in [-0.3, -0.25) is 4.79 Å². The van der Waals surface area contributed by atoms with Gasteiger partial charge in [0.1, 0.15) is 11.6 Å². The lowest BCUT2D eigenvalue weighted by Crippen LogP contribution is -2.43. The highest BCUT2D eigenvalue weighted by molar-refractivity contribution is 5.81. The summed E-state index contributed by atoms with van der Waals surface area (Å²) in [4.78, 5) is 24.0. The first-order chi connectivity index (χ1) is 13.1. The zero-order chi connectivity index (χ0) is 18.8. The summed E-state index contributed by atoms with van der Waals surface area (Å²) in [6, 6.07) is 8.04. The zero-order valence-corrected chi connectivity index (χ0v) is 15.9. The molecule has 1 amide bonds. The maximum atomic E-state index is 12.8. The molecule has 0 aliphatic carbocycles. The molecule has 142 valence electrons. The highest BCUT2D eigenvalue weighted by Gasteiger charge is 2.28. The van der Waals surface area contributed by atoms with Crippen molar-refractivity contribution in [1.82, 2.24) is 20.2 Å². The molecular formula is C21H26N4O2. The summed E-state index contributed by atoms with van der Waals surface area (Å²) in [6.45, 7) is 6.09. The molecule has 27 heavy (non-hydrogen) atoms. The van der Waals surface area contributed by atoms with Gasteiger partial charge in [0.05, 0.1) is 11.7 Å².